The molecule has 0 radical (unpaired) electrons. The van der Waals surface area contributed by atoms with Crippen LogP contribution in [0.4, 0.5) is 5.69 Å². The highest BCUT2D eigenvalue weighted by Crippen LogP contribution is 2.31. The summed E-state index contributed by atoms with van der Waals surface area (Å²) < 4.78 is 38.2. The smallest absolute Gasteiger partial charge is 0.338 e. The zero-order chi connectivity index (χ0) is 23.4. The van der Waals surface area contributed by atoms with Gasteiger partial charge in [-0.3, -0.25) is 9.10 Å². The lowest BCUT2D eigenvalue weighted by Gasteiger charge is -2.30. The fourth-order valence-electron chi connectivity index (χ4n) is 3.65. The first-order valence-corrected chi connectivity index (χ1v) is 12.0. The Morgan fingerprint density at radius 1 is 1.09 bits per heavy atom. The molecule has 0 aliphatic carbocycles. The summed E-state index contributed by atoms with van der Waals surface area (Å²) in [5, 5.41) is 2.62. The Hall–Kier alpha value is -3.59. The van der Waals surface area contributed by atoms with Crippen LogP contribution in [0.15, 0.2) is 76.2 Å². The van der Waals surface area contributed by atoms with Crippen LogP contribution in [0.25, 0.3) is 0 Å². The molecule has 1 aliphatic rings. The second-order valence-electron chi connectivity index (χ2n) is 7.68. The number of aryl methyl sites for hydroxylation is 1. The molecule has 1 aromatic heterocycles. The van der Waals surface area contributed by atoms with Gasteiger partial charge in [0.15, 0.2) is 6.10 Å². The molecular weight excluding hydrogens is 444 g/mol. The highest BCUT2D eigenvalue weighted by atomic mass is 32.2. The van der Waals surface area contributed by atoms with Crippen LogP contribution in [0.2, 0.25) is 0 Å². The molecule has 0 fully saturated rings. The zero-order valence-electron chi connectivity index (χ0n) is 18.1. The zero-order valence-corrected chi connectivity index (χ0v) is 18.9. The van der Waals surface area contributed by atoms with Crippen LogP contribution in [-0.4, -0.2) is 32.9 Å². The molecule has 2 aromatic carbocycles. The number of hydrogen-bond acceptors (Lipinski definition) is 6. The summed E-state index contributed by atoms with van der Waals surface area (Å²) in [5.74, 6) is -0.611. The number of nitrogens with zero attached hydrogens (tertiary/aromatic N) is 1. The van der Waals surface area contributed by atoms with Crippen LogP contribution in [0, 0.1) is 0 Å². The predicted octanol–water partition coefficient (Wildman–Crippen LogP) is 3.28. The lowest BCUT2D eigenvalue weighted by Crippen LogP contribution is -2.35. The first-order valence-electron chi connectivity index (χ1n) is 10.6. The third kappa shape index (κ3) is 4.93. The number of ether oxygens (including phenoxy) is 1. The second kappa shape index (κ2) is 9.50. The van der Waals surface area contributed by atoms with Gasteiger partial charge >= 0.3 is 5.97 Å². The molecule has 0 unspecified atom stereocenters. The van der Waals surface area contributed by atoms with Gasteiger partial charge in [-0.1, -0.05) is 18.2 Å². The minimum atomic E-state index is -3.78. The van der Waals surface area contributed by atoms with E-state index in [9.17, 15) is 18.0 Å². The molecule has 8 nitrogen and oxygen atoms in total. The molecule has 9 heteroatoms. The van der Waals surface area contributed by atoms with Crippen molar-refractivity contribution in [1.29, 1.82) is 0 Å². The van der Waals surface area contributed by atoms with Gasteiger partial charge in [-0.05, 0) is 67.8 Å². The molecule has 0 spiro atoms. The van der Waals surface area contributed by atoms with Crippen LogP contribution >= 0.6 is 0 Å². The van der Waals surface area contributed by atoms with E-state index in [0.717, 1.165) is 18.4 Å². The maximum Gasteiger partial charge on any atom is 0.338 e. The summed E-state index contributed by atoms with van der Waals surface area (Å²) in [4.78, 5) is 24.7. The van der Waals surface area contributed by atoms with Crippen LogP contribution < -0.4 is 9.62 Å². The van der Waals surface area contributed by atoms with E-state index in [1.165, 1.54) is 41.8 Å². The summed E-state index contributed by atoms with van der Waals surface area (Å²) in [5.41, 5.74) is 1.83. The lowest BCUT2D eigenvalue weighted by atomic mass is 10.0. The number of benzene rings is 2. The van der Waals surface area contributed by atoms with Gasteiger partial charge in [0.05, 0.1) is 29.0 Å². The van der Waals surface area contributed by atoms with E-state index in [4.69, 9.17) is 9.15 Å². The minimum Gasteiger partial charge on any atom is -0.467 e. The van der Waals surface area contributed by atoms with E-state index in [1.807, 2.05) is 18.2 Å². The maximum absolute atomic E-state index is 13.2. The van der Waals surface area contributed by atoms with Crippen molar-refractivity contribution >= 4 is 27.6 Å². The van der Waals surface area contributed by atoms with Crippen molar-refractivity contribution < 1.29 is 27.2 Å². The van der Waals surface area contributed by atoms with Crippen molar-refractivity contribution in [2.75, 3.05) is 10.8 Å². The number of amides is 1. The standard InChI is InChI=1S/C24H24N2O6S/c1-17(23(27)25-16-20-8-5-15-31-20)32-24(28)19-10-12-21(13-11-19)33(29,30)26-14-4-7-18-6-2-3-9-22(18)26/h2-3,5-6,8-13,15,17H,4,7,14,16H2,1H3,(H,25,27)/t17-/m0/s1. The van der Waals surface area contributed by atoms with Gasteiger partial charge in [0, 0.05) is 6.54 Å². The molecule has 2 heterocycles. The molecule has 4 rings (SSSR count). The molecule has 172 valence electrons. The summed E-state index contributed by atoms with van der Waals surface area (Å²) in [6.07, 6.45) is 2.04. The van der Waals surface area contributed by atoms with Crippen molar-refractivity contribution in [2.24, 2.45) is 0 Å². The van der Waals surface area contributed by atoms with Crippen LogP contribution in [0.5, 0.6) is 0 Å². The highest BCUT2D eigenvalue weighted by molar-refractivity contribution is 7.92. The lowest BCUT2D eigenvalue weighted by molar-refractivity contribution is -0.129. The van der Waals surface area contributed by atoms with E-state index in [-0.39, 0.29) is 17.0 Å². The van der Waals surface area contributed by atoms with Crippen LogP contribution in [-0.2, 0) is 32.5 Å². The van der Waals surface area contributed by atoms with Crippen molar-refractivity contribution in [2.45, 2.75) is 37.3 Å². The van der Waals surface area contributed by atoms with Crippen molar-refractivity contribution in [1.82, 2.24) is 5.32 Å². The number of rotatable bonds is 7. The number of furan rings is 1. The van der Waals surface area contributed by atoms with Crippen LogP contribution in [0.3, 0.4) is 0 Å². The van der Waals surface area contributed by atoms with E-state index in [0.29, 0.717) is 18.0 Å². The number of esters is 1. The first kappa shape index (κ1) is 22.6. The molecular formula is C24H24N2O6S. The average Bonchev–Trinajstić information content (AvgIpc) is 3.36. The molecule has 1 N–H and O–H groups in total. The molecule has 1 atom stereocenters. The minimum absolute atomic E-state index is 0.0833. The molecule has 0 bridgehead atoms. The third-order valence-corrected chi connectivity index (χ3v) is 7.24. The molecule has 0 saturated heterocycles. The number of carbonyl (C=O) groups excluding carboxylic acids is 2. The third-order valence-electron chi connectivity index (χ3n) is 5.42. The van der Waals surface area contributed by atoms with Crippen molar-refractivity contribution in [3.05, 3.63) is 83.8 Å². The van der Waals surface area contributed by atoms with Gasteiger partial charge in [-0.2, -0.15) is 0 Å². The Bertz CT molecular complexity index is 1240. The summed E-state index contributed by atoms with van der Waals surface area (Å²) in [7, 11) is -3.78. The Kier molecular flexibility index (Phi) is 6.50. The molecule has 0 saturated carbocycles. The van der Waals surface area contributed by atoms with Gasteiger partial charge in [0.1, 0.15) is 5.76 Å². The SMILES string of the molecule is C[C@H](OC(=O)c1ccc(S(=O)(=O)N2CCCc3ccccc32)cc1)C(=O)NCc1ccco1. The number of anilines is 1. The Morgan fingerprint density at radius 3 is 2.58 bits per heavy atom. The Labute approximate surface area is 192 Å². The van der Waals surface area contributed by atoms with Gasteiger partial charge in [-0.25, -0.2) is 13.2 Å². The monoisotopic (exact) mass is 468 g/mol. The summed E-state index contributed by atoms with van der Waals surface area (Å²) in [6, 6.07) is 16.4. The number of carbonyl (C=O) groups is 2. The van der Waals surface area contributed by atoms with E-state index in [1.54, 1.807) is 18.2 Å². The van der Waals surface area contributed by atoms with Crippen molar-refractivity contribution in [3.63, 3.8) is 0 Å². The summed E-state index contributed by atoms with van der Waals surface area (Å²) in [6.45, 7) is 2.04. The first-order chi connectivity index (χ1) is 15.9. The molecule has 1 aliphatic heterocycles. The highest BCUT2D eigenvalue weighted by Gasteiger charge is 2.29. The van der Waals surface area contributed by atoms with Crippen molar-refractivity contribution in [3.8, 4) is 0 Å². The second-order valence-corrected chi connectivity index (χ2v) is 9.54. The van der Waals surface area contributed by atoms with E-state index >= 15 is 0 Å². The largest absolute Gasteiger partial charge is 0.467 e. The van der Waals surface area contributed by atoms with Gasteiger partial charge in [0.2, 0.25) is 0 Å². The summed E-state index contributed by atoms with van der Waals surface area (Å²) >= 11 is 0. The fraction of sp³-hybridized carbons (Fsp3) is 0.250. The number of nitrogens with one attached hydrogen (secondary N) is 1. The predicted molar refractivity (Wildman–Crippen MR) is 121 cm³/mol. The Morgan fingerprint density at radius 2 is 1.85 bits per heavy atom. The normalized spacial score (nSPS) is 14.3. The van der Waals surface area contributed by atoms with Crippen LogP contribution in [0.1, 0.15) is 35.0 Å². The number of sulfonamides is 1. The molecule has 33 heavy (non-hydrogen) atoms. The maximum atomic E-state index is 13.2. The topological polar surface area (TPSA) is 106 Å². The van der Waals surface area contributed by atoms with Gasteiger partial charge in [-0.15, -0.1) is 0 Å². The fourth-order valence-corrected chi connectivity index (χ4v) is 5.19. The quantitative estimate of drug-likeness (QED) is 0.534. The number of fused-ring (bicyclic) bond motifs is 1. The Balaban J connectivity index is 1.41. The van der Waals surface area contributed by atoms with E-state index < -0.39 is 28.0 Å². The number of para-hydroxylation sites is 1. The van der Waals surface area contributed by atoms with Gasteiger partial charge < -0.3 is 14.5 Å². The molecule has 1 amide bonds. The van der Waals surface area contributed by atoms with E-state index in [2.05, 4.69) is 5.32 Å². The van der Waals surface area contributed by atoms with Gasteiger partial charge in [0.25, 0.3) is 15.9 Å². The number of hydrogen-bond donors (Lipinski definition) is 1. The molecule has 3 aromatic rings. The average molecular weight is 469 g/mol.